The average Bonchev–Trinajstić information content (AvgIpc) is 3.06. The summed E-state index contributed by atoms with van der Waals surface area (Å²) >= 11 is 1.66. The predicted octanol–water partition coefficient (Wildman–Crippen LogP) is 2.81. The molecule has 0 radical (unpaired) electrons. The second-order valence-electron chi connectivity index (χ2n) is 4.68. The minimum Gasteiger partial charge on any atom is -0.493 e. The maximum Gasteiger partial charge on any atom is 0.315 e. The summed E-state index contributed by atoms with van der Waals surface area (Å²) in [5.41, 5.74) is 2.19. The fourth-order valence-electron chi connectivity index (χ4n) is 1.99. The molecule has 1 aromatic heterocycles. The van der Waals surface area contributed by atoms with Crippen molar-refractivity contribution >= 4 is 17.4 Å². The molecule has 2 amide bonds. The van der Waals surface area contributed by atoms with Gasteiger partial charge in [-0.25, -0.2) is 4.79 Å². The molecule has 0 unspecified atom stereocenters. The van der Waals surface area contributed by atoms with E-state index in [9.17, 15) is 4.79 Å². The van der Waals surface area contributed by atoms with Crippen molar-refractivity contribution in [1.82, 2.24) is 10.6 Å². The Morgan fingerprint density at radius 2 is 1.91 bits per heavy atom. The van der Waals surface area contributed by atoms with Gasteiger partial charge in [-0.15, -0.1) is 0 Å². The molecule has 0 bridgehead atoms. The predicted molar refractivity (Wildman–Crippen MR) is 87.8 cm³/mol. The Bertz CT molecular complexity index is 599. The second-order valence-corrected chi connectivity index (χ2v) is 5.46. The van der Waals surface area contributed by atoms with E-state index in [-0.39, 0.29) is 6.03 Å². The van der Waals surface area contributed by atoms with Crippen molar-refractivity contribution in [3.05, 3.63) is 46.2 Å². The van der Waals surface area contributed by atoms with Crippen LogP contribution in [-0.2, 0) is 13.0 Å². The van der Waals surface area contributed by atoms with E-state index < -0.39 is 0 Å². The second kappa shape index (κ2) is 8.29. The van der Waals surface area contributed by atoms with Crippen LogP contribution in [0, 0.1) is 0 Å². The normalized spacial score (nSPS) is 10.1. The zero-order chi connectivity index (χ0) is 15.8. The lowest BCUT2D eigenvalue weighted by Gasteiger charge is -2.11. The number of ether oxygens (including phenoxy) is 2. The Morgan fingerprint density at radius 3 is 2.59 bits per heavy atom. The topological polar surface area (TPSA) is 59.6 Å². The molecule has 0 aliphatic carbocycles. The van der Waals surface area contributed by atoms with Gasteiger partial charge in [0.1, 0.15) is 0 Å². The Labute approximate surface area is 134 Å². The summed E-state index contributed by atoms with van der Waals surface area (Å²) in [5, 5.41) is 9.79. The van der Waals surface area contributed by atoms with Crippen LogP contribution in [0.1, 0.15) is 11.1 Å². The van der Waals surface area contributed by atoms with Gasteiger partial charge in [0.25, 0.3) is 0 Å². The molecule has 118 valence electrons. The highest BCUT2D eigenvalue weighted by molar-refractivity contribution is 7.07. The minimum atomic E-state index is -0.176. The van der Waals surface area contributed by atoms with Gasteiger partial charge in [0, 0.05) is 13.1 Å². The van der Waals surface area contributed by atoms with Gasteiger partial charge < -0.3 is 20.1 Å². The summed E-state index contributed by atoms with van der Waals surface area (Å²) in [6.07, 6.45) is 0.841. The highest BCUT2D eigenvalue weighted by Crippen LogP contribution is 2.27. The van der Waals surface area contributed by atoms with E-state index in [1.807, 2.05) is 23.6 Å². The maximum atomic E-state index is 11.7. The standard InChI is InChI=1S/C16H20N2O3S/c1-20-14-4-3-13(9-15(14)21-2)10-18-16(19)17-7-5-12-6-8-22-11-12/h3-4,6,8-9,11H,5,7,10H2,1-2H3,(H2,17,18,19). The number of rotatable bonds is 7. The molecule has 2 rings (SSSR count). The fourth-order valence-corrected chi connectivity index (χ4v) is 2.69. The molecule has 0 atom stereocenters. The van der Waals surface area contributed by atoms with Crippen molar-refractivity contribution in [1.29, 1.82) is 0 Å². The SMILES string of the molecule is COc1ccc(CNC(=O)NCCc2ccsc2)cc1OC. The van der Waals surface area contributed by atoms with Crippen LogP contribution in [0.15, 0.2) is 35.0 Å². The summed E-state index contributed by atoms with van der Waals surface area (Å²) < 4.78 is 10.4. The van der Waals surface area contributed by atoms with E-state index in [0.717, 1.165) is 12.0 Å². The molecule has 1 aromatic carbocycles. The number of hydrogen-bond acceptors (Lipinski definition) is 4. The van der Waals surface area contributed by atoms with Crippen LogP contribution in [0.5, 0.6) is 11.5 Å². The Morgan fingerprint density at radius 1 is 1.09 bits per heavy atom. The summed E-state index contributed by atoms with van der Waals surface area (Å²) in [6, 6.07) is 7.46. The smallest absolute Gasteiger partial charge is 0.315 e. The van der Waals surface area contributed by atoms with Crippen molar-refractivity contribution in [2.45, 2.75) is 13.0 Å². The molecule has 0 saturated heterocycles. The van der Waals surface area contributed by atoms with Gasteiger partial charge in [0.05, 0.1) is 14.2 Å². The van der Waals surface area contributed by atoms with Crippen molar-refractivity contribution in [3.8, 4) is 11.5 Å². The molecule has 1 heterocycles. The number of hydrogen-bond donors (Lipinski definition) is 2. The first kappa shape index (κ1) is 16.2. The van der Waals surface area contributed by atoms with E-state index >= 15 is 0 Å². The van der Waals surface area contributed by atoms with Gasteiger partial charge in [0.15, 0.2) is 11.5 Å². The van der Waals surface area contributed by atoms with Crippen LogP contribution in [0.4, 0.5) is 4.79 Å². The van der Waals surface area contributed by atoms with Crippen molar-refractivity contribution in [3.63, 3.8) is 0 Å². The van der Waals surface area contributed by atoms with Crippen molar-refractivity contribution < 1.29 is 14.3 Å². The monoisotopic (exact) mass is 320 g/mol. The molecule has 0 fully saturated rings. The summed E-state index contributed by atoms with van der Waals surface area (Å²) in [5.74, 6) is 1.33. The van der Waals surface area contributed by atoms with E-state index in [1.165, 1.54) is 5.56 Å². The zero-order valence-electron chi connectivity index (χ0n) is 12.7. The molecule has 0 saturated carbocycles. The first-order chi connectivity index (χ1) is 10.7. The van der Waals surface area contributed by atoms with Gasteiger partial charge in [-0.3, -0.25) is 0 Å². The molecule has 5 nitrogen and oxygen atoms in total. The fraction of sp³-hybridized carbons (Fsp3) is 0.312. The average molecular weight is 320 g/mol. The Kier molecular flexibility index (Phi) is 6.09. The van der Waals surface area contributed by atoms with Gasteiger partial charge in [-0.1, -0.05) is 6.07 Å². The minimum absolute atomic E-state index is 0.176. The summed E-state index contributed by atoms with van der Waals surface area (Å²) in [6.45, 7) is 1.05. The van der Waals surface area contributed by atoms with Gasteiger partial charge >= 0.3 is 6.03 Å². The summed E-state index contributed by atoms with van der Waals surface area (Å²) in [4.78, 5) is 11.7. The first-order valence-electron chi connectivity index (χ1n) is 6.96. The number of amides is 2. The number of benzene rings is 1. The highest BCUT2D eigenvalue weighted by Gasteiger charge is 2.06. The van der Waals surface area contributed by atoms with Crippen LogP contribution in [0.25, 0.3) is 0 Å². The van der Waals surface area contributed by atoms with Crippen LogP contribution in [0.2, 0.25) is 0 Å². The van der Waals surface area contributed by atoms with E-state index in [0.29, 0.717) is 24.6 Å². The number of urea groups is 1. The number of carbonyl (C=O) groups excluding carboxylic acids is 1. The highest BCUT2D eigenvalue weighted by atomic mass is 32.1. The van der Waals surface area contributed by atoms with Crippen LogP contribution in [-0.4, -0.2) is 26.8 Å². The molecule has 2 aromatic rings. The molecule has 0 aliphatic heterocycles. The lowest BCUT2D eigenvalue weighted by atomic mass is 10.2. The number of thiophene rings is 1. The Hall–Kier alpha value is -2.21. The summed E-state index contributed by atoms with van der Waals surface area (Å²) in [7, 11) is 3.18. The molecule has 0 spiro atoms. The largest absolute Gasteiger partial charge is 0.493 e. The number of nitrogens with one attached hydrogen (secondary N) is 2. The first-order valence-corrected chi connectivity index (χ1v) is 7.91. The molecular weight excluding hydrogens is 300 g/mol. The molecule has 0 aliphatic rings. The Balaban J connectivity index is 1.76. The van der Waals surface area contributed by atoms with Crippen LogP contribution >= 0.6 is 11.3 Å². The lowest BCUT2D eigenvalue weighted by Crippen LogP contribution is -2.36. The number of carbonyl (C=O) groups is 1. The molecule has 6 heteroatoms. The molecule has 22 heavy (non-hydrogen) atoms. The number of methoxy groups -OCH3 is 2. The van der Waals surface area contributed by atoms with Crippen LogP contribution in [0.3, 0.4) is 0 Å². The van der Waals surface area contributed by atoms with E-state index in [1.54, 1.807) is 25.6 Å². The van der Waals surface area contributed by atoms with Gasteiger partial charge in [-0.2, -0.15) is 11.3 Å². The third-order valence-corrected chi connectivity index (χ3v) is 3.91. The van der Waals surface area contributed by atoms with Gasteiger partial charge in [0.2, 0.25) is 0 Å². The molecule has 2 N–H and O–H groups in total. The molecular formula is C16H20N2O3S. The van der Waals surface area contributed by atoms with Gasteiger partial charge in [-0.05, 0) is 46.5 Å². The lowest BCUT2D eigenvalue weighted by molar-refractivity contribution is 0.240. The maximum absolute atomic E-state index is 11.7. The van der Waals surface area contributed by atoms with Crippen molar-refractivity contribution in [2.24, 2.45) is 0 Å². The quantitative estimate of drug-likeness (QED) is 0.825. The van der Waals surface area contributed by atoms with E-state index in [4.69, 9.17) is 9.47 Å². The van der Waals surface area contributed by atoms with Crippen molar-refractivity contribution in [2.75, 3.05) is 20.8 Å². The zero-order valence-corrected chi connectivity index (χ0v) is 13.5. The van der Waals surface area contributed by atoms with Crippen LogP contribution < -0.4 is 20.1 Å². The third kappa shape index (κ3) is 4.66. The third-order valence-electron chi connectivity index (χ3n) is 3.18. The van der Waals surface area contributed by atoms with E-state index in [2.05, 4.69) is 22.1 Å².